The van der Waals surface area contributed by atoms with Crippen LogP contribution in [0.3, 0.4) is 0 Å². The van der Waals surface area contributed by atoms with Gasteiger partial charge in [-0.3, -0.25) is 9.48 Å². The average molecular weight is 278 g/mol. The van der Waals surface area contributed by atoms with E-state index in [0.29, 0.717) is 6.54 Å². The molecule has 1 aliphatic heterocycles. The zero-order chi connectivity index (χ0) is 14.6. The van der Waals surface area contributed by atoms with Crippen LogP contribution in [0.5, 0.6) is 0 Å². The summed E-state index contributed by atoms with van der Waals surface area (Å²) in [7, 11) is 1.92. The third-order valence-corrected chi connectivity index (χ3v) is 4.12. The number of amides is 1. The van der Waals surface area contributed by atoms with Crippen molar-refractivity contribution in [2.45, 2.75) is 58.0 Å². The van der Waals surface area contributed by atoms with Gasteiger partial charge in [0.05, 0.1) is 11.2 Å². The number of hydrogen-bond donors (Lipinski definition) is 2. The molecule has 20 heavy (non-hydrogen) atoms. The number of aryl methyl sites for hydroxylation is 2. The summed E-state index contributed by atoms with van der Waals surface area (Å²) in [6.45, 7) is 5.74. The van der Waals surface area contributed by atoms with Crippen molar-refractivity contribution in [3.63, 3.8) is 0 Å². The first-order valence-corrected chi connectivity index (χ1v) is 7.66. The van der Waals surface area contributed by atoms with Crippen LogP contribution in [0.1, 0.15) is 50.8 Å². The first-order chi connectivity index (χ1) is 9.61. The molecule has 5 heteroatoms. The van der Waals surface area contributed by atoms with Gasteiger partial charge < -0.3 is 10.6 Å². The Hall–Kier alpha value is -1.36. The van der Waals surface area contributed by atoms with Crippen LogP contribution >= 0.6 is 0 Å². The molecule has 0 aliphatic carbocycles. The average Bonchev–Trinajstić information content (AvgIpc) is 3.03. The standard InChI is InChI=1S/C15H26N4O/c1-4-7-15(8-6-9-17-15)14(20)16-10-12-11-19(3)18-13(12)5-2/h11,17H,4-10H2,1-3H3,(H,16,20). The van der Waals surface area contributed by atoms with Crippen LogP contribution in [0.2, 0.25) is 0 Å². The second-order valence-corrected chi connectivity index (χ2v) is 5.67. The highest BCUT2D eigenvalue weighted by molar-refractivity contribution is 5.86. The minimum absolute atomic E-state index is 0.141. The lowest BCUT2D eigenvalue weighted by molar-refractivity contribution is -0.127. The lowest BCUT2D eigenvalue weighted by Crippen LogP contribution is -2.53. The van der Waals surface area contributed by atoms with Gasteiger partial charge in [-0.2, -0.15) is 5.10 Å². The monoisotopic (exact) mass is 278 g/mol. The highest BCUT2D eigenvalue weighted by Crippen LogP contribution is 2.25. The Labute approximate surface area is 121 Å². The molecule has 1 aliphatic rings. The molecule has 1 aromatic rings. The molecular weight excluding hydrogens is 252 g/mol. The molecule has 1 fully saturated rings. The summed E-state index contributed by atoms with van der Waals surface area (Å²) >= 11 is 0. The number of rotatable bonds is 6. The lowest BCUT2D eigenvalue weighted by atomic mass is 9.91. The first-order valence-electron chi connectivity index (χ1n) is 7.66. The van der Waals surface area contributed by atoms with Gasteiger partial charge in [-0.1, -0.05) is 20.3 Å². The van der Waals surface area contributed by atoms with Gasteiger partial charge in [-0.25, -0.2) is 0 Å². The maximum Gasteiger partial charge on any atom is 0.240 e. The number of nitrogens with zero attached hydrogens (tertiary/aromatic N) is 2. The molecule has 112 valence electrons. The third-order valence-electron chi connectivity index (χ3n) is 4.12. The lowest BCUT2D eigenvalue weighted by Gasteiger charge is -2.27. The summed E-state index contributed by atoms with van der Waals surface area (Å²) in [5.74, 6) is 0.141. The van der Waals surface area contributed by atoms with E-state index in [1.165, 1.54) is 0 Å². The molecule has 0 radical (unpaired) electrons. The van der Waals surface area contributed by atoms with Crippen molar-refractivity contribution in [1.82, 2.24) is 20.4 Å². The van der Waals surface area contributed by atoms with E-state index in [0.717, 1.165) is 49.9 Å². The highest BCUT2D eigenvalue weighted by atomic mass is 16.2. The van der Waals surface area contributed by atoms with E-state index in [4.69, 9.17) is 0 Å². The van der Waals surface area contributed by atoms with Crippen molar-refractivity contribution < 1.29 is 4.79 Å². The molecule has 0 aromatic carbocycles. The van der Waals surface area contributed by atoms with E-state index < -0.39 is 0 Å². The Morgan fingerprint density at radius 3 is 2.95 bits per heavy atom. The minimum atomic E-state index is -0.344. The molecule has 1 unspecified atom stereocenters. The topological polar surface area (TPSA) is 59.0 Å². The number of hydrogen-bond acceptors (Lipinski definition) is 3. The second-order valence-electron chi connectivity index (χ2n) is 5.67. The van der Waals surface area contributed by atoms with Gasteiger partial charge in [-0.15, -0.1) is 0 Å². The van der Waals surface area contributed by atoms with Crippen molar-refractivity contribution in [2.75, 3.05) is 6.54 Å². The normalized spacial score (nSPS) is 22.1. The fraction of sp³-hybridized carbons (Fsp3) is 0.733. The van der Waals surface area contributed by atoms with Gasteiger partial charge in [0.25, 0.3) is 0 Å². The van der Waals surface area contributed by atoms with Crippen LogP contribution in [0.25, 0.3) is 0 Å². The highest BCUT2D eigenvalue weighted by Gasteiger charge is 2.39. The van der Waals surface area contributed by atoms with E-state index in [1.807, 2.05) is 17.9 Å². The second kappa shape index (κ2) is 6.39. The Bertz CT molecular complexity index is 460. The molecule has 1 saturated heterocycles. The van der Waals surface area contributed by atoms with Gasteiger partial charge in [0.15, 0.2) is 0 Å². The summed E-state index contributed by atoms with van der Waals surface area (Å²) in [6.07, 6.45) is 6.85. The molecule has 5 nitrogen and oxygen atoms in total. The Morgan fingerprint density at radius 1 is 1.55 bits per heavy atom. The summed E-state index contributed by atoms with van der Waals surface area (Å²) in [6, 6.07) is 0. The smallest absolute Gasteiger partial charge is 0.240 e. The minimum Gasteiger partial charge on any atom is -0.350 e. The fourth-order valence-electron chi connectivity index (χ4n) is 3.13. The van der Waals surface area contributed by atoms with E-state index in [9.17, 15) is 4.79 Å². The van der Waals surface area contributed by atoms with E-state index >= 15 is 0 Å². The van der Waals surface area contributed by atoms with E-state index in [1.54, 1.807) is 0 Å². The van der Waals surface area contributed by atoms with Crippen molar-refractivity contribution in [3.05, 3.63) is 17.5 Å². The maximum absolute atomic E-state index is 12.5. The first kappa shape index (κ1) is 15.0. The van der Waals surface area contributed by atoms with Gasteiger partial charge in [0.1, 0.15) is 0 Å². The van der Waals surface area contributed by atoms with Crippen LogP contribution in [0.4, 0.5) is 0 Å². The zero-order valence-electron chi connectivity index (χ0n) is 12.8. The summed E-state index contributed by atoms with van der Waals surface area (Å²) in [5, 5.41) is 10.9. The van der Waals surface area contributed by atoms with Crippen molar-refractivity contribution >= 4 is 5.91 Å². The SMILES string of the molecule is CCCC1(C(=O)NCc2cn(C)nc2CC)CCCN1. The van der Waals surface area contributed by atoms with Gasteiger partial charge in [-0.05, 0) is 32.2 Å². The molecule has 2 heterocycles. The Balaban J connectivity index is 2.00. The third kappa shape index (κ3) is 3.03. The molecular formula is C15H26N4O. The predicted molar refractivity (Wildman–Crippen MR) is 79.3 cm³/mol. The quantitative estimate of drug-likeness (QED) is 0.829. The number of aromatic nitrogens is 2. The molecule has 2 rings (SSSR count). The van der Waals surface area contributed by atoms with Gasteiger partial charge in [0, 0.05) is 25.4 Å². The zero-order valence-corrected chi connectivity index (χ0v) is 12.8. The summed E-state index contributed by atoms with van der Waals surface area (Å²) in [5.41, 5.74) is 1.84. The van der Waals surface area contributed by atoms with Crippen molar-refractivity contribution in [2.24, 2.45) is 7.05 Å². The fourth-order valence-corrected chi connectivity index (χ4v) is 3.13. The molecule has 1 amide bonds. The molecule has 1 atom stereocenters. The van der Waals surface area contributed by atoms with Crippen LogP contribution in [-0.4, -0.2) is 27.8 Å². The maximum atomic E-state index is 12.5. The van der Waals surface area contributed by atoms with Gasteiger partial charge >= 0.3 is 0 Å². The number of carbonyl (C=O) groups is 1. The largest absolute Gasteiger partial charge is 0.350 e. The molecule has 0 bridgehead atoms. The van der Waals surface area contributed by atoms with Crippen molar-refractivity contribution in [3.8, 4) is 0 Å². The van der Waals surface area contributed by atoms with Crippen LogP contribution in [0, 0.1) is 0 Å². The Morgan fingerprint density at radius 2 is 2.35 bits per heavy atom. The summed E-state index contributed by atoms with van der Waals surface area (Å²) in [4.78, 5) is 12.5. The Kier molecular flexibility index (Phi) is 4.81. The number of carbonyl (C=O) groups excluding carboxylic acids is 1. The molecule has 1 aromatic heterocycles. The molecule has 0 spiro atoms. The van der Waals surface area contributed by atoms with E-state index in [-0.39, 0.29) is 11.4 Å². The number of nitrogens with one attached hydrogen (secondary N) is 2. The molecule has 2 N–H and O–H groups in total. The van der Waals surface area contributed by atoms with Crippen LogP contribution < -0.4 is 10.6 Å². The van der Waals surface area contributed by atoms with Gasteiger partial charge in [0.2, 0.25) is 5.91 Å². The van der Waals surface area contributed by atoms with Crippen LogP contribution in [-0.2, 0) is 24.8 Å². The van der Waals surface area contributed by atoms with Crippen molar-refractivity contribution in [1.29, 1.82) is 0 Å². The van der Waals surface area contributed by atoms with E-state index in [2.05, 4.69) is 29.6 Å². The predicted octanol–water partition coefficient (Wildman–Crippen LogP) is 1.52. The van der Waals surface area contributed by atoms with Crippen LogP contribution in [0.15, 0.2) is 6.20 Å². The molecule has 0 saturated carbocycles. The summed E-state index contributed by atoms with van der Waals surface area (Å²) < 4.78 is 1.82.